The molecule has 0 aliphatic carbocycles. The third kappa shape index (κ3) is 6.69. The van der Waals surface area contributed by atoms with E-state index in [0.717, 1.165) is 12.1 Å². The van der Waals surface area contributed by atoms with Gasteiger partial charge in [-0.2, -0.15) is 5.10 Å². The summed E-state index contributed by atoms with van der Waals surface area (Å²) in [6.07, 6.45) is 1.32. The van der Waals surface area contributed by atoms with Gasteiger partial charge in [0.2, 0.25) is 0 Å². The maximum atomic E-state index is 12.9. The molecular formula is C23H17BrCl2FN3O4. The number of nitrogens with one attached hydrogen (secondary N) is 2. The van der Waals surface area contributed by atoms with Crippen LogP contribution in [0.1, 0.15) is 11.1 Å². The van der Waals surface area contributed by atoms with Gasteiger partial charge in [0.05, 0.1) is 17.8 Å². The lowest BCUT2D eigenvalue weighted by Gasteiger charge is -2.14. The summed E-state index contributed by atoms with van der Waals surface area (Å²) in [5, 5.41) is 7.07. The summed E-state index contributed by atoms with van der Waals surface area (Å²) in [6.45, 7) is 0.111. The van der Waals surface area contributed by atoms with Crippen molar-refractivity contribution in [2.75, 3.05) is 12.4 Å². The zero-order valence-electron chi connectivity index (χ0n) is 17.6. The number of hydrazone groups is 1. The van der Waals surface area contributed by atoms with Gasteiger partial charge in [0, 0.05) is 21.3 Å². The van der Waals surface area contributed by atoms with E-state index in [4.69, 9.17) is 32.7 Å². The third-order valence-electron chi connectivity index (χ3n) is 4.36. The summed E-state index contributed by atoms with van der Waals surface area (Å²) in [5.74, 6) is -1.61. The molecule has 2 amide bonds. The minimum atomic E-state index is -0.997. The number of anilines is 1. The van der Waals surface area contributed by atoms with Crippen molar-refractivity contribution in [3.63, 3.8) is 0 Å². The molecule has 3 rings (SSSR count). The van der Waals surface area contributed by atoms with Crippen molar-refractivity contribution in [3.05, 3.63) is 86.1 Å². The molecule has 0 fully saturated rings. The van der Waals surface area contributed by atoms with Gasteiger partial charge >= 0.3 is 11.8 Å². The van der Waals surface area contributed by atoms with E-state index in [-0.39, 0.29) is 12.3 Å². The molecule has 0 heterocycles. The molecule has 3 aromatic carbocycles. The minimum absolute atomic E-state index is 0.111. The van der Waals surface area contributed by atoms with Crippen LogP contribution >= 0.6 is 39.1 Å². The van der Waals surface area contributed by atoms with Gasteiger partial charge in [0.15, 0.2) is 11.5 Å². The van der Waals surface area contributed by atoms with Gasteiger partial charge in [-0.15, -0.1) is 0 Å². The molecule has 0 atom stereocenters. The fourth-order valence-corrected chi connectivity index (χ4v) is 3.79. The van der Waals surface area contributed by atoms with Crippen LogP contribution in [-0.4, -0.2) is 25.1 Å². The second kappa shape index (κ2) is 11.8. The second-order valence-electron chi connectivity index (χ2n) is 6.68. The Morgan fingerprint density at radius 1 is 1.09 bits per heavy atom. The van der Waals surface area contributed by atoms with Crippen molar-refractivity contribution in [2.45, 2.75) is 6.61 Å². The molecule has 0 saturated carbocycles. The summed E-state index contributed by atoms with van der Waals surface area (Å²) < 4.78 is 24.7. The molecule has 176 valence electrons. The molecule has 34 heavy (non-hydrogen) atoms. The number of ether oxygens (including phenoxy) is 2. The second-order valence-corrected chi connectivity index (χ2v) is 8.35. The quantitative estimate of drug-likeness (QED) is 0.221. The first-order chi connectivity index (χ1) is 16.3. The molecule has 3 aromatic rings. The van der Waals surface area contributed by atoms with Crippen molar-refractivity contribution >= 4 is 62.8 Å². The third-order valence-corrected chi connectivity index (χ3v) is 5.66. The Morgan fingerprint density at radius 2 is 1.76 bits per heavy atom. The van der Waals surface area contributed by atoms with E-state index in [1.54, 1.807) is 30.3 Å². The summed E-state index contributed by atoms with van der Waals surface area (Å²) >= 11 is 15.8. The molecule has 0 unspecified atom stereocenters. The van der Waals surface area contributed by atoms with E-state index in [0.29, 0.717) is 37.1 Å². The van der Waals surface area contributed by atoms with Crippen LogP contribution < -0.4 is 20.2 Å². The van der Waals surface area contributed by atoms with Gasteiger partial charge in [-0.3, -0.25) is 9.59 Å². The fourth-order valence-electron chi connectivity index (χ4n) is 2.71. The average molecular weight is 569 g/mol. The Bertz CT molecular complexity index is 1220. The topological polar surface area (TPSA) is 89.0 Å². The van der Waals surface area contributed by atoms with Gasteiger partial charge in [0.1, 0.15) is 12.4 Å². The van der Waals surface area contributed by atoms with Gasteiger partial charge in [0.25, 0.3) is 0 Å². The Hall–Kier alpha value is -3.14. The molecule has 0 bridgehead atoms. The van der Waals surface area contributed by atoms with Gasteiger partial charge < -0.3 is 14.8 Å². The summed E-state index contributed by atoms with van der Waals surface area (Å²) in [4.78, 5) is 23.9. The summed E-state index contributed by atoms with van der Waals surface area (Å²) in [5.41, 5.74) is 3.57. The molecule has 11 heteroatoms. The monoisotopic (exact) mass is 567 g/mol. The SMILES string of the molecule is COc1cc(/C=N/NC(=O)C(=O)Nc2ccc(F)cc2)cc(Br)c1OCc1c(Cl)cccc1Cl. The minimum Gasteiger partial charge on any atom is -0.493 e. The highest BCUT2D eigenvalue weighted by atomic mass is 79.9. The Kier molecular flexibility index (Phi) is 8.86. The number of halogens is 4. The Morgan fingerprint density at radius 3 is 2.41 bits per heavy atom. The van der Waals surface area contributed by atoms with Gasteiger partial charge in [-0.05, 0) is 70.0 Å². The van der Waals surface area contributed by atoms with E-state index >= 15 is 0 Å². The zero-order chi connectivity index (χ0) is 24.7. The van der Waals surface area contributed by atoms with E-state index in [1.807, 2.05) is 0 Å². The van der Waals surface area contributed by atoms with Crippen LogP contribution in [0.2, 0.25) is 10.0 Å². The Labute approximate surface area is 213 Å². The number of carbonyl (C=O) groups is 2. The van der Waals surface area contributed by atoms with Crippen molar-refractivity contribution in [3.8, 4) is 11.5 Å². The highest BCUT2D eigenvalue weighted by Crippen LogP contribution is 2.37. The predicted octanol–water partition coefficient (Wildman–Crippen LogP) is 5.57. The molecular weight excluding hydrogens is 552 g/mol. The number of hydrogen-bond acceptors (Lipinski definition) is 5. The number of rotatable bonds is 7. The predicted molar refractivity (Wildman–Crippen MR) is 132 cm³/mol. The van der Waals surface area contributed by atoms with E-state index < -0.39 is 17.6 Å². The molecule has 7 nitrogen and oxygen atoms in total. The molecule has 0 saturated heterocycles. The van der Waals surface area contributed by atoms with Crippen LogP contribution in [0.5, 0.6) is 11.5 Å². The van der Waals surface area contributed by atoms with Gasteiger partial charge in [-0.1, -0.05) is 29.3 Å². The van der Waals surface area contributed by atoms with Crippen LogP contribution in [0.4, 0.5) is 10.1 Å². The molecule has 0 radical (unpaired) electrons. The van der Waals surface area contributed by atoms with Crippen molar-refractivity contribution in [2.24, 2.45) is 5.10 Å². The fraction of sp³-hybridized carbons (Fsp3) is 0.0870. The average Bonchev–Trinajstić information content (AvgIpc) is 2.80. The lowest BCUT2D eigenvalue weighted by molar-refractivity contribution is -0.136. The Balaban J connectivity index is 1.64. The van der Waals surface area contributed by atoms with Crippen molar-refractivity contribution in [1.29, 1.82) is 0 Å². The van der Waals surface area contributed by atoms with Crippen LogP contribution in [0, 0.1) is 5.82 Å². The van der Waals surface area contributed by atoms with E-state index in [9.17, 15) is 14.0 Å². The first-order valence-corrected chi connectivity index (χ1v) is 11.2. The highest BCUT2D eigenvalue weighted by molar-refractivity contribution is 9.10. The largest absolute Gasteiger partial charge is 0.493 e. The van der Waals surface area contributed by atoms with Crippen molar-refractivity contribution < 1.29 is 23.5 Å². The van der Waals surface area contributed by atoms with Gasteiger partial charge in [-0.25, -0.2) is 9.82 Å². The maximum Gasteiger partial charge on any atom is 0.329 e. The smallest absolute Gasteiger partial charge is 0.329 e. The normalized spacial score (nSPS) is 10.7. The number of hydrogen-bond donors (Lipinski definition) is 2. The molecule has 0 aromatic heterocycles. The van der Waals surface area contributed by atoms with E-state index in [2.05, 4.69) is 31.8 Å². The maximum absolute atomic E-state index is 12.9. The molecule has 0 spiro atoms. The van der Waals surface area contributed by atoms with Crippen LogP contribution in [0.15, 0.2) is 64.2 Å². The number of amides is 2. The molecule has 0 aliphatic heterocycles. The first kappa shape index (κ1) is 25.5. The molecule has 2 N–H and O–H groups in total. The number of methoxy groups -OCH3 is 1. The van der Waals surface area contributed by atoms with Crippen LogP contribution in [0.25, 0.3) is 0 Å². The molecule has 0 aliphatic rings. The lowest BCUT2D eigenvalue weighted by Crippen LogP contribution is -2.32. The summed E-state index contributed by atoms with van der Waals surface area (Å²) in [7, 11) is 1.47. The number of benzene rings is 3. The van der Waals surface area contributed by atoms with Crippen LogP contribution in [0.3, 0.4) is 0 Å². The lowest BCUT2D eigenvalue weighted by atomic mass is 10.2. The zero-order valence-corrected chi connectivity index (χ0v) is 20.7. The first-order valence-electron chi connectivity index (χ1n) is 9.61. The number of carbonyl (C=O) groups excluding carboxylic acids is 2. The van der Waals surface area contributed by atoms with E-state index in [1.165, 1.54) is 25.5 Å². The summed E-state index contributed by atoms with van der Waals surface area (Å²) in [6, 6.07) is 13.5. The van der Waals surface area contributed by atoms with Crippen LogP contribution in [-0.2, 0) is 16.2 Å². The van der Waals surface area contributed by atoms with Crippen molar-refractivity contribution in [1.82, 2.24) is 5.43 Å². The number of nitrogens with zero attached hydrogens (tertiary/aromatic N) is 1. The highest BCUT2D eigenvalue weighted by Gasteiger charge is 2.15. The standard InChI is InChI=1S/C23H17BrCl2FN3O4/c1-33-20-10-13(9-17(24)21(20)34-12-16-18(25)3-2-4-19(16)26)11-28-30-23(32)22(31)29-15-7-5-14(27)6-8-15/h2-11H,12H2,1H3,(H,29,31)(H,30,32)/b28-11+.